The van der Waals surface area contributed by atoms with Crippen molar-refractivity contribution in [3.63, 3.8) is 0 Å². The quantitative estimate of drug-likeness (QED) is 0.885. The highest BCUT2D eigenvalue weighted by atomic mass is 35.5. The van der Waals surface area contributed by atoms with Crippen molar-refractivity contribution in [3.05, 3.63) is 23.2 Å². The van der Waals surface area contributed by atoms with Gasteiger partial charge >= 0.3 is 0 Å². The summed E-state index contributed by atoms with van der Waals surface area (Å²) in [5.41, 5.74) is 0.757. The number of carbonyl (C=O) groups is 1. The van der Waals surface area contributed by atoms with Crippen LogP contribution < -0.4 is 15.4 Å². The number of methoxy groups -OCH3 is 1. The van der Waals surface area contributed by atoms with E-state index < -0.39 is 0 Å². The van der Waals surface area contributed by atoms with Crippen LogP contribution in [-0.2, 0) is 4.79 Å². The lowest BCUT2D eigenvalue weighted by molar-refractivity contribution is -0.121. The molecule has 1 amide bonds. The first-order valence-corrected chi connectivity index (χ1v) is 6.46. The number of hydrogen-bond acceptors (Lipinski definition) is 3. The predicted octanol–water partition coefficient (Wildman–Crippen LogP) is 2.43. The Bertz CT molecular complexity index is 437. The standard InChI is InChI=1S/C13H17ClN2O2/c1-18-12-6-5-9(14)8-11(12)16-10-4-2-3-7-15-13(10)17/h5-6,8,10,16H,2-4,7H2,1H3,(H,15,17). The van der Waals surface area contributed by atoms with Gasteiger partial charge in [0, 0.05) is 11.6 Å². The molecule has 0 radical (unpaired) electrons. The van der Waals surface area contributed by atoms with Crippen LogP contribution in [0.3, 0.4) is 0 Å². The maximum Gasteiger partial charge on any atom is 0.242 e. The Morgan fingerprint density at radius 3 is 3.06 bits per heavy atom. The van der Waals surface area contributed by atoms with Gasteiger partial charge in [0.25, 0.3) is 0 Å². The molecular formula is C13H17ClN2O2. The molecule has 1 heterocycles. The van der Waals surface area contributed by atoms with E-state index in [2.05, 4.69) is 10.6 Å². The van der Waals surface area contributed by atoms with E-state index in [0.29, 0.717) is 10.8 Å². The number of nitrogens with one attached hydrogen (secondary N) is 2. The SMILES string of the molecule is COc1ccc(Cl)cc1NC1CCCCNC1=O. The van der Waals surface area contributed by atoms with E-state index in [-0.39, 0.29) is 11.9 Å². The van der Waals surface area contributed by atoms with E-state index in [0.717, 1.165) is 31.5 Å². The summed E-state index contributed by atoms with van der Waals surface area (Å²) < 4.78 is 5.26. The summed E-state index contributed by atoms with van der Waals surface area (Å²) in [6.07, 6.45) is 2.87. The van der Waals surface area contributed by atoms with Crippen molar-refractivity contribution in [1.82, 2.24) is 5.32 Å². The number of ether oxygens (including phenoxy) is 1. The van der Waals surface area contributed by atoms with E-state index in [4.69, 9.17) is 16.3 Å². The Kier molecular flexibility index (Phi) is 4.31. The van der Waals surface area contributed by atoms with Crippen LogP contribution in [0, 0.1) is 0 Å². The van der Waals surface area contributed by atoms with Gasteiger partial charge in [-0.25, -0.2) is 0 Å². The fraction of sp³-hybridized carbons (Fsp3) is 0.462. The molecule has 1 aliphatic rings. The zero-order chi connectivity index (χ0) is 13.0. The van der Waals surface area contributed by atoms with Gasteiger partial charge in [-0.3, -0.25) is 4.79 Å². The number of anilines is 1. The van der Waals surface area contributed by atoms with E-state index in [9.17, 15) is 4.79 Å². The number of benzene rings is 1. The molecule has 1 aliphatic heterocycles. The molecule has 1 saturated heterocycles. The second kappa shape index (κ2) is 5.96. The van der Waals surface area contributed by atoms with Gasteiger partial charge in [0.1, 0.15) is 11.8 Å². The van der Waals surface area contributed by atoms with Crippen LogP contribution in [0.2, 0.25) is 5.02 Å². The molecule has 1 atom stereocenters. The third-order valence-corrected chi connectivity index (χ3v) is 3.26. The van der Waals surface area contributed by atoms with Crippen molar-refractivity contribution < 1.29 is 9.53 Å². The molecule has 18 heavy (non-hydrogen) atoms. The van der Waals surface area contributed by atoms with Crippen LogP contribution in [0.5, 0.6) is 5.75 Å². The molecule has 0 bridgehead atoms. The van der Waals surface area contributed by atoms with Crippen LogP contribution in [-0.4, -0.2) is 25.6 Å². The van der Waals surface area contributed by atoms with Crippen molar-refractivity contribution in [2.75, 3.05) is 19.0 Å². The molecule has 0 aromatic heterocycles. The summed E-state index contributed by atoms with van der Waals surface area (Å²) in [7, 11) is 1.60. The van der Waals surface area contributed by atoms with Crippen LogP contribution in [0.15, 0.2) is 18.2 Å². The fourth-order valence-corrected chi connectivity index (χ4v) is 2.23. The summed E-state index contributed by atoms with van der Waals surface area (Å²) >= 11 is 5.96. The number of carbonyl (C=O) groups excluding carboxylic acids is 1. The molecule has 4 nitrogen and oxygen atoms in total. The minimum absolute atomic E-state index is 0.0366. The van der Waals surface area contributed by atoms with Crippen LogP contribution in [0.4, 0.5) is 5.69 Å². The number of halogens is 1. The normalized spacial score (nSPS) is 19.9. The van der Waals surface area contributed by atoms with Gasteiger partial charge in [-0.1, -0.05) is 11.6 Å². The predicted molar refractivity (Wildman–Crippen MR) is 72.3 cm³/mol. The monoisotopic (exact) mass is 268 g/mol. The average molecular weight is 269 g/mol. The first-order chi connectivity index (χ1) is 8.70. The number of rotatable bonds is 3. The average Bonchev–Trinajstić information content (AvgIpc) is 2.55. The van der Waals surface area contributed by atoms with Crippen LogP contribution >= 0.6 is 11.6 Å². The Morgan fingerprint density at radius 1 is 1.44 bits per heavy atom. The first kappa shape index (κ1) is 13.0. The molecule has 1 unspecified atom stereocenters. The number of amides is 1. The first-order valence-electron chi connectivity index (χ1n) is 6.08. The molecule has 0 aliphatic carbocycles. The highest BCUT2D eigenvalue weighted by molar-refractivity contribution is 6.30. The molecule has 1 aromatic carbocycles. The molecule has 2 N–H and O–H groups in total. The topological polar surface area (TPSA) is 50.4 Å². The second-order valence-electron chi connectivity index (χ2n) is 4.33. The van der Waals surface area contributed by atoms with Gasteiger partial charge in [0.15, 0.2) is 0 Å². The molecular weight excluding hydrogens is 252 g/mol. The van der Waals surface area contributed by atoms with Crippen molar-refractivity contribution in [1.29, 1.82) is 0 Å². The van der Waals surface area contributed by atoms with Crippen molar-refractivity contribution in [2.45, 2.75) is 25.3 Å². The largest absolute Gasteiger partial charge is 0.495 e. The summed E-state index contributed by atoms with van der Waals surface area (Å²) in [4.78, 5) is 11.9. The third kappa shape index (κ3) is 3.07. The molecule has 5 heteroatoms. The zero-order valence-electron chi connectivity index (χ0n) is 10.3. The third-order valence-electron chi connectivity index (χ3n) is 3.03. The lowest BCUT2D eigenvalue weighted by Gasteiger charge is -2.18. The molecule has 1 aromatic rings. The minimum atomic E-state index is -0.222. The van der Waals surface area contributed by atoms with Gasteiger partial charge in [0.2, 0.25) is 5.91 Å². The summed E-state index contributed by atoms with van der Waals surface area (Å²) in [6, 6.07) is 5.11. The van der Waals surface area contributed by atoms with Gasteiger partial charge in [0.05, 0.1) is 12.8 Å². The maximum atomic E-state index is 11.9. The maximum absolute atomic E-state index is 11.9. The molecule has 2 rings (SSSR count). The van der Waals surface area contributed by atoms with Crippen molar-refractivity contribution >= 4 is 23.2 Å². The number of hydrogen-bond donors (Lipinski definition) is 2. The lowest BCUT2D eigenvalue weighted by Crippen LogP contribution is -2.37. The van der Waals surface area contributed by atoms with Gasteiger partial charge < -0.3 is 15.4 Å². The van der Waals surface area contributed by atoms with Gasteiger partial charge in [-0.15, -0.1) is 0 Å². The summed E-state index contributed by atoms with van der Waals surface area (Å²) in [5, 5.41) is 6.72. The second-order valence-corrected chi connectivity index (χ2v) is 4.76. The Hall–Kier alpha value is -1.42. The van der Waals surface area contributed by atoms with E-state index in [1.807, 2.05) is 0 Å². The zero-order valence-corrected chi connectivity index (χ0v) is 11.1. The van der Waals surface area contributed by atoms with Gasteiger partial charge in [-0.2, -0.15) is 0 Å². The molecule has 0 spiro atoms. The van der Waals surface area contributed by atoms with E-state index >= 15 is 0 Å². The highest BCUT2D eigenvalue weighted by Crippen LogP contribution is 2.29. The van der Waals surface area contributed by atoms with E-state index in [1.165, 1.54) is 0 Å². The summed E-state index contributed by atoms with van der Waals surface area (Å²) in [5.74, 6) is 0.728. The van der Waals surface area contributed by atoms with Gasteiger partial charge in [-0.05, 0) is 37.5 Å². The Balaban J connectivity index is 2.16. The van der Waals surface area contributed by atoms with Crippen LogP contribution in [0.1, 0.15) is 19.3 Å². The van der Waals surface area contributed by atoms with Crippen molar-refractivity contribution in [2.24, 2.45) is 0 Å². The Labute approximate surface area is 112 Å². The Morgan fingerprint density at radius 2 is 2.28 bits per heavy atom. The molecule has 0 saturated carbocycles. The smallest absolute Gasteiger partial charge is 0.242 e. The molecule has 98 valence electrons. The molecule has 1 fully saturated rings. The highest BCUT2D eigenvalue weighted by Gasteiger charge is 2.21. The minimum Gasteiger partial charge on any atom is -0.495 e. The van der Waals surface area contributed by atoms with Crippen molar-refractivity contribution in [3.8, 4) is 5.75 Å². The fourth-order valence-electron chi connectivity index (χ4n) is 2.06. The lowest BCUT2D eigenvalue weighted by atomic mass is 10.1. The van der Waals surface area contributed by atoms with E-state index in [1.54, 1.807) is 25.3 Å². The summed E-state index contributed by atoms with van der Waals surface area (Å²) in [6.45, 7) is 0.754. The van der Waals surface area contributed by atoms with Crippen LogP contribution in [0.25, 0.3) is 0 Å².